The topological polar surface area (TPSA) is 92.3 Å². The van der Waals surface area contributed by atoms with E-state index < -0.39 is 15.9 Å². The van der Waals surface area contributed by atoms with Crippen LogP contribution >= 0.6 is 15.9 Å². The molecule has 0 unspecified atom stereocenters. The lowest BCUT2D eigenvalue weighted by molar-refractivity contribution is 0.102. The molecule has 2 heterocycles. The van der Waals surface area contributed by atoms with Crippen LogP contribution in [0.25, 0.3) is 11.4 Å². The summed E-state index contributed by atoms with van der Waals surface area (Å²) in [5.41, 5.74) is 1.51. The number of carbonyl (C=O) groups is 1. The summed E-state index contributed by atoms with van der Waals surface area (Å²) in [6, 6.07) is 14.0. The van der Waals surface area contributed by atoms with Gasteiger partial charge in [-0.25, -0.2) is 18.4 Å². The highest BCUT2D eigenvalue weighted by Gasteiger charge is 2.28. The van der Waals surface area contributed by atoms with Crippen molar-refractivity contribution in [2.24, 2.45) is 0 Å². The molecule has 0 radical (unpaired) electrons. The average molecular weight is 487 g/mol. The third-order valence-electron chi connectivity index (χ3n) is 4.83. The first-order chi connectivity index (χ1) is 14.4. The lowest BCUT2D eigenvalue weighted by Crippen LogP contribution is -2.28. The molecule has 1 aliphatic heterocycles. The Morgan fingerprint density at radius 3 is 2.33 bits per heavy atom. The zero-order valence-electron chi connectivity index (χ0n) is 16.0. The predicted octanol–water partition coefficient (Wildman–Crippen LogP) is 3.94. The monoisotopic (exact) mass is 486 g/mol. The highest BCUT2D eigenvalue weighted by atomic mass is 79.9. The molecule has 154 valence electrons. The molecule has 0 aliphatic carbocycles. The van der Waals surface area contributed by atoms with Crippen molar-refractivity contribution in [3.63, 3.8) is 0 Å². The summed E-state index contributed by atoms with van der Waals surface area (Å²) in [5, 5.41) is 2.72. The van der Waals surface area contributed by atoms with Crippen molar-refractivity contribution >= 4 is 37.5 Å². The Morgan fingerprint density at radius 2 is 1.67 bits per heavy atom. The van der Waals surface area contributed by atoms with Crippen LogP contribution in [0, 0.1) is 0 Å². The minimum Gasteiger partial charge on any atom is -0.319 e. The maximum atomic E-state index is 12.8. The smallest absolute Gasteiger partial charge is 0.256 e. The molecular weight excluding hydrogens is 468 g/mol. The molecule has 30 heavy (non-hydrogen) atoms. The van der Waals surface area contributed by atoms with Crippen LogP contribution in [-0.2, 0) is 10.0 Å². The van der Waals surface area contributed by atoms with Crippen LogP contribution in [0.4, 0.5) is 5.69 Å². The van der Waals surface area contributed by atoms with Crippen molar-refractivity contribution in [1.82, 2.24) is 14.3 Å². The van der Waals surface area contributed by atoms with Crippen molar-refractivity contribution in [2.45, 2.75) is 17.7 Å². The van der Waals surface area contributed by atoms with Gasteiger partial charge in [0.2, 0.25) is 10.0 Å². The van der Waals surface area contributed by atoms with Gasteiger partial charge in [0.1, 0.15) is 0 Å². The van der Waals surface area contributed by atoms with Crippen LogP contribution < -0.4 is 5.32 Å². The summed E-state index contributed by atoms with van der Waals surface area (Å²) in [6.07, 6.45) is 4.74. The van der Waals surface area contributed by atoms with E-state index >= 15 is 0 Å². The second-order valence-electron chi connectivity index (χ2n) is 6.87. The Hall–Kier alpha value is -2.62. The Labute approximate surface area is 183 Å². The minimum atomic E-state index is -3.61. The molecule has 2 aromatic carbocycles. The molecule has 1 fully saturated rings. The van der Waals surface area contributed by atoms with E-state index in [1.165, 1.54) is 28.8 Å². The van der Waals surface area contributed by atoms with E-state index in [4.69, 9.17) is 0 Å². The number of sulfonamides is 1. The zero-order valence-corrected chi connectivity index (χ0v) is 18.4. The van der Waals surface area contributed by atoms with Gasteiger partial charge in [0.05, 0.1) is 28.5 Å². The van der Waals surface area contributed by atoms with E-state index in [1.54, 1.807) is 6.07 Å². The van der Waals surface area contributed by atoms with Crippen molar-refractivity contribution in [3.8, 4) is 11.4 Å². The first kappa shape index (κ1) is 20.6. The molecule has 0 atom stereocenters. The van der Waals surface area contributed by atoms with Crippen LogP contribution in [0.1, 0.15) is 23.2 Å². The number of nitrogens with zero attached hydrogens (tertiary/aromatic N) is 3. The molecule has 9 heteroatoms. The highest BCUT2D eigenvalue weighted by Crippen LogP contribution is 2.26. The Balaban J connectivity index is 1.55. The van der Waals surface area contributed by atoms with E-state index in [1.807, 2.05) is 30.3 Å². The molecule has 0 bridgehead atoms. The third kappa shape index (κ3) is 4.28. The molecule has 7 nitrogen and oxygen atoms in total. The SMILES string of the molecule is O=C(Nc1cnc(-c2ccccc2)nc1)c1cc(S(=O)(=O)N2CCCC2)ccc1Br. The summed E-state index contributed by atoms with van der Waals surface area (Å²) in [4.78, 5) is 21.5. The maximum Gasteiger partial charge on any atom is 0.256 e. The second-order valence-corrected chi connectivity index (χ2v) is 9.66. The van der Waals surface area contributed by atoms with Gasteiger partial charge in [-0.3, -0.25) is 4.79 Å². The fourth-order valence-electron chi connectivity index (χ4n) is 3.24. The summed E-state index contributed by atoms with van der Waals surface area (Å²) in [5.74, 6) is 0.102. The number of hydrogen-bond donors (Lipinski definition) is 1. The number of nitrogens with one attached hydrogen (secondary N) is 1. The van der Waals surface area contributed by atoms with Crippen LogP contribution in [-0.4, -0.2) is 41.7 Å². The molecule has 0 saturated carbocycles. The first-order valence-electron chi connectivity index (χ1n) is 9.44. The summed E-state index contributed by atoms with van der Waals surface area (Å²) >= 11 is 3.34. The molecule has 1 aromatic heterocycles. The molecular formula is C21H19BrN4O3S. The Kier molecular flexibility index (Phi) is 5.94. The second kappa shape index (κ2) is 8.63. The van der Waals surface area contributed by atoms with Gasteiger partial charge in [0, 0.05) is 23.1 Å². The van der Waals surface area contributed by atoms with E-state index in [0.717, 1.165) is 18.4 Å². The van der Waals surface area contributed by atoms with Gasteiger partial charge < -0.3 is 5.32 Å². The molecule has 1 N–H and O–H groups in total. The summed E-state index contributed by atoms with van der Waals surface area (Å²) in [7, 11) is -3.61. The van der Waals surface area contributed by atoms with Crippen molar-refractivity contribution in [1.29, 1.82) is 0 Å². The number of halogens is 1. The van der Waals surface area contributed by atoms with Gasteiger partial charge in [0.25, 0.3) is 5.91 Å². The lowest BCUT2D eigenvalue weighted by Gasteiger charge is -2.16. The number of rotatable bonds is 5. The summed E-state index contributed by atoms with van der Waals surface area (Å²) < 4.78 is 27.6. The van der Waals surface area contributed by atoms with Crippen molar-refractivity contribution < 1.29 is 13.2 Å². The van der Waals surface area contributed by atoms with E-state index in [2.05, 4.69) is 31.2 Å². The van der Waals surface area contributed by atoms with Gasteiger partial charge in [-0.1, -0.05) is 30.3 Å². The summed E-state index contributed by atoms with van der Waals surface area (Å²) in [6.45, 7) is 1.01. The normalized spacial score (nSPS) is 14.6. The lowest BCUT2D eigenvalue weighted by atomic mass is 10.2. The van der Waals surface area contributed by atoms with Crippen LogP contribution in [0.3, 0.4) is 0 Å². The van der Waals surface area contributed by atoms with Crippen LogP contribution in [0.15, 0.2) is 70.3 Å². The number of benzene rings is 2. The Bertz CT molecular complexity index is 1160. The number of aromatic nitrogens is 2. The van der Waals surface area contributed by atoms with E-state index in [-0.39, 0.29) is 10.5 Å². The largest absolute Gasteiger partial charge is 0.319 e. The van der Waals surface area contributed by atoms with Gasteiger partial charge in [0.15, 0.2) is 5.82 Å². The van der Waals surface area contributed by atoms with Crippen molar-refractivity contribution in [2.75, 3.05) is 18.4 Å². The molecule has 1 amide bonds. The number of amides is 1. The van der Waals surface area contributed by atoms with Crippen molar-refractivity contribution in [3.05, 3.63) is 71.0 Å². The predicted molar refractivity (Wildman–Crippen MR) is 118 cm³/mol. The molecule has 4 rings (SSSR count). The highest BCUT2D eigenvalue weighted by molar-refractivity contribution is 9.10. The van der Waals surface area contributed by atoms with Gasteiger partial charge in [-0.05, 0) is 47.0 Å². The van der Waals surface area contributed by atoms with Gasteiger partial charge in [-0.15, -0.1) is 0 Å². The zero-order chi connectivity index (χ0) is 21.1. The first-order valence-corrected chi connectivity index (χ1v) is 11.7. The fourth-order valence-corrected chi connectivity index (χ4v) is 5.21. The maximum absolute atomic E-state index is 12.8. The molecule has 0 spiro atoms. The van der Waals surface area contributed by atoms with E-state index in [9.17, 15) is 13.2 Å². The average Bonchev–Trinajstić information content (AvgIpc) is 3.31. The quantitative estimate of drug-likeness (QED) is 0.589. The van der Waals surface area contributed by atoms with Crippen LogP contribution in [0.5, 0.6) is 0 Å². The number of anilines is 1. The Morgan fingerprint density at radius 1 is 1.00 bits per heavy atom. The standard InChI is InChI=1S/C21H19BrN4O3S/c22-19-9-8-17(30(28,29)26-10-4-5-11-26)12-18(19)21(27)25-16-13-23-20(24-14-16)15-6-2-1-3-7-15/h1-3,6-9,12-14H,4-5,10-11H2,(H,25,27). The third-order valence-corrected chi connectivity index (χ3v) is 7.41. The van der Waals surface area contributed by atoms with Gasteiger partial charge >= 0.3 is 0 Å². The fraction of sp³-hybridized carbons (Fsp3) is 0.190. The molecule has 3 aromatic rings. The minimum absolute atomic E-state index is 0.105. The van der Waals surface area contributed by atoms with Crippen LogP contribution in [0.2, 0.25) is 0 Å². The number of hydrogen-bond acceptors (Lipinski definition) is 5. The molecule has 1 saturated heterocycles. The number of carbonyl (C=O) groups excluding carboxylic acids is 1. The molecule has 1 aliphatic rings. The van der Waals surface area contributed by atoms with Gasteiger partial charge in [-0.2, -0.15) is 4.31 Å². The van der Waals surface area contributed by atoms with E-state index in [0.29, 0.717) is 29.1 Å².